The van der Waals surface area contributed by atoms with Crippen molar-refractivity contribution in [1.29, 1.82) is 0 Å². The molecule has 0 spiro atoms. The van der Waals surface area contributed by atoms with Crippen LogP contribution in [0.25, 0.3) is 77.2 Å². The fourth-order valence-electron chi connectivity index (χ4n) is 20.5. The lowest BCUT2D eigenvalue weighted by Gasteiger charge is -2.34. The van der Waals surface area contributed by atoms with Crippen molar-refractivity contribution >= 4 is 43.6 Å². The molecule has 0 atom stereocenters. The van der Waals surface area contributed by atoms with E-state index in [0.717, 1.165) is 104 Å². The average molecular weight is 1460 g/mol. The highest BCUT2D eigenvalue weighted by Crippen LogP contribution is 2.53. The SMILES string of the molecule is Cc1cc(F)cc(-c2cc(C(C)(C)CC(C)(C)C)cc(-n3c4cc(C(C)(C)CC(C)(C)C)ccc4c4ccc(C(C)(C)CC(C)(C)C)cc43)c2O)c1CCCOc1c(C)cc(F)cc1-c1cc(C(C)(C)CC(C)(C)C)cc(-n2c3cc(C(C)(C)CC(C)(C)C)ccc3c3ccc(C(C)(C)CC(C)(C)C)cc32)c1O. The zero-order valence-electron chi connectivity index (χ0n) is 72.9. The fourth-order valence-corrected chi connectivity index (χ4v) is 20.5. The Morgan fingerprint density at radius 1 is 0.306 bits per heavy atom. The molecule has 2 aromatic heterocycles. The van der Waals surface area contributed by atoms with E-state index < -0.39 is 16.6 Å². The zero-order valence-corrected chi connectivity index (χ0v) is 72.9. The Morgan fingerprint density at radius 2 is 0.574 bits per heavy atom. The Bertz CT molecular complexity index is 4560. The summed E-state index contributed by atoms with van der Waals surface area (Å²) in [6.45, 7) is 73.4. The van der Waals surface area contributed by atoms with Gasteiger partial charge in [-0.2, -0.15) is 0 Å². The summed E-state index contributed by atoms with van der Waals surface area (Å²) in [5.74, 6) is -0.217. The second-order valence-electron chi connectivity index (χ2n) is 44.4. The van der Waals surface area contributed by atoms with Crippen molar-refractivity contribution in [3.05, 3.63) is 183 Å². The molecule has 0 saturated carbocycles. The van der Waals surface area contributed by atoms with Crippen LogP contribution in [0, 0.1) is 58.0 Å². The number of nitrogens with zero attached hydrogens (tertiary/aromatic N) is 2. The van der Waals surface area contributed by atoms with Crippen LogP contribution in [0.2, 0.25) is 0 Å². The van der Waals surface area contributed by atoms with Crippen molar-refractivity contribution in [3.8, 4) is 50.9 Å². The van der Waals surface area contributed by atoms with E-state index in [1.807, 2.05) is 13.8 Å². The quantitative estimate of drug-likeness (QED) is 0.0705. The first-order valence-electron chi connectivity index (χ1n) is 40.3. The number of hydrogen-bond donors (Lipinski definition) is 2. The molecule has 582 valence electrons. The lowest BCUT2D eigenvalue weighted by atomic mass is 9.71. The summed E-state index contributed by atoms with van der Waals surface area (Å²) in [5, 5.41) is 31.8. The first-order chi connectivity index (χ1) is 49.2. The number of benzene rings is 8. The van der Waals surface area contributed by atoms with Crippen molar-refractivity contribution < 1.29 is 23.7 Å². The van der Waals surface area contributed by atoms with Crippen LogP contribution in [0.5, 0.6) is 17.2 Å². The minimum Gasteiger partial charge on any atom is -0.505 e. The molecule has 2 heterocycles. The molecule has 7 heteroatoms. The number of halogens is 2. The van der Waals surface area contributed by atoms with Crippen LogP contribution < -0.4 is 4.74 Å². The van der Waals surface area contributed by atoms with Gasteiger partial charge in [0.15, 0.2) is 0 Å². The second-order valence-corrected chi connectivity index (χ2v) is 44.4. The van der Waals surface area contributed by atoms with E-state index in [9.17, 15) is 10.2 Å². The fraction of sp³-hybridized carbons (Fsp3) is 0.525. The summed E-state index contributed by atoms with van der Waals surface area (Å²) in [6.07, 6.45) is 6.49. The Labute approximate surface area is 651 Å². The van der Waals surface area contributed by atoms with Crippen LogP contribution in [0.1, 0.15) is 303 Å². The second kappa shape index (κ2) is 28.4. The number of aryl methyl sites for hydroxylation is 2. The Balaban J connectivity index is 1.15. The van der Waals surface area contributed by atoms with Gasteiger partial charge in [-0.15, -0.1) is 0 Å². The monoisotopic (exact) mass is 1460 g/mol. The zero-order chi connectivity index (χ0) is 80.5. The molecule has 0 saturated heterocycles. The molecule has 2 N–H and O–H groups in total. The van der Waals surface area contributed by atoms with Gasteiger partial charge >= 0.3 is 0 Å². The van der Waals surface area contributed by atoms with E-state index in [-0.39, 0.29) is 78.1 Å². The molecule has 5 nitrogen and oxygen atoms in total. The Kier molecular flexibility index (Phi) is 21.9. The Hall–Kier alpha value is -7.38. The number of phenolic OH excluding ortho intramolecular Hbond substituents is 2. The van der Waals surface area contributed by atoms with Crippen LogP contribution in [-0.4, -0.2) is 26.0 Å². The molecule has 8 aromatic carbocycles. The number of fused-ring (bicyclic) bond motifs is 6. The summed E-state index contributed by atoms with van der Waals surface area (Å²) in [6, 6.07) is 42.7. The lowest BCUT2D eigenvalue weighted by Crippen LogP contribution is -2.25. The van der Waals surface area contributed by atoms with Gasteiger partial charge in [0.05, 0.1) is 40.0 Å². The minimum absolute atomic E-state index is 0.0341. The van der Waals surface area contributed by atoms with Crippen molar-refractivity contribution in [2.45, 2.75) is 305 Å². The molecule has 0 bridgehead atoms. The molecule has 0 aliphatic carbocycles. The third-order valence-corrected chi connectivity index (χ3v) is 22.8. The maximum atomic E-state index is 16.8. The van der Waals surface area contributed by atoms with Crippen LogP contribution in [0.3, 0.4) is 0 Å². The standard InChI is InChI=1S/C101H136F2N2O3/c1-62-44-70(102)54-77(78-46-68(100(29,30)60-94(15,16)17)52-85(87(78)106)104-81-48-64(96(21,22)56-90(3,4)5)35-39-73(81)74-40-36-65(49-82(74)104)97(23,24)57-91(6,7)8)72(62)34-33-43-108-89-63(2)45-71(103)55-80(89)79-47-69(101(31,32)61-95(18,19)20)53-86(88(79)107)105-83-50-66(98(25,26)58-92(9,10)11)37-41-75(83)76-42-38-67(51-84(76)105)99(27,28)59-93(12,13)14/h35-42,44-55,106-107H,33-34,43,56-61H2,1-32H3. The summed E-state index contributed by atoms with van der Waals surface area (Å²) in [4.78, 5) is 0. The predicted molar refractivity (Wildman–Crippen MR) is 462 cm³/mol. The number of hydrogen-bond acceptors (Lipinski definition) is 3. The van der Waals surface area contributed by atoms with Gasteiger partial charge in [-0.1, -0.05) is 256 Å². The third kappa shape index (κ3) is 18.1. The maximum Gasteiger partial charge on any atom is 0.147 e. The van der Waals surface area contributed by atoms with Crippen molar-refractivity contribution in [2.24, 2.45) is 32.5 Å². The number of phenols is 2. The first kappa shape index (κ1) is 83.1. The lowest BCUT2D eigenvalue weighted by molar-refractivity contribution is 0.283. The van der Waals surface area contributed by atoms with E-state index in [2.05, 4.69) is 314 Å². The van der Waals surface area contributed by atoms with Crippen LogP contribution >= 0.6 is 0 Å². The molecule has 0 aliphatic rings. The number of aromatic hydroxyl groups is 2. The van der Waals surface area contributed by atoms with E-state index in [4.69, 9.17) is 4.74 Å². The summed E-state index contributed by atoms with van der Waals surface area (Å²) >= 11 is 0. The molecule has 108 heavy (non-hydrogen) atoms. The van der Waals surface area contributed by atoms with Gasteiger partial charge in [-0.3, -0.25) is 0 Å². The van der Waals surface area contributed by atoms with E-state index in [0.29, 0.717) is 57.8 Å². The van der Waals surface area contributed by atoms with Gasteiger partial charge in [0.25, 0.3) is 0 Å². The van der Waals surface area contributed by atoms with Crippen molar-refractivity contribution in [2.75, 3.05) is 6.61 Å². The molecule has 0 radical (unpaired) electrons. The molecule has 0 fully saturated rings. The predicted octanol–water partition coefficient (Wildman–Crippen LogP) is 29.8. The summed E-state index contributed by atoms with van der Waals surface area (Å²) < 4.78 is 45.2. The minimum atomic E-state index is -0.433. The normalized spacial score (nSPS) is 13.9. The highest BCUT2D eigenvalue weighted by atomic mass is 19.1. The highest BCUT2D eigenvalue weighted by molar-refractivity contribution is 6.11. The van der Waals surface area contributed by atoms with Gasteiger partial charge < -0.3 is 24.1 Å². The van der Waals surface area contributed by atoms with Crippen molar-refractivity contribution in [1.82, 2.24) is 9.13 Å². The topological polar surface area (TPSA) is 59.5 Å². The molecule has 0 aliphatic heterocycles. The molecule has 10 aromatic rings. The average Bonchev–Trinajstić information content (AvgIpc) is 1.50. The molecular formula is C101H136F2N2O3. The number of rotatable bonds is 21. The van der Waals surface area contributed by atoms with E-state index in [1.54, 1.807) is 12.1 Å². The summed E-state index contributed by atoms with van der Waals surface area (Å²) in [7, 11) is 0. The first-order valence-corrected chi connectivity index (χ1v) is 40.3. The maximum absolute atomic E-state index is 16.8. The summed E-state index contributed by atoms with van der Waals surface area (Å²) in [5.41, 5.74) is 15.3. The van der Waals surface area contributed by atoms with Gasteiger partial charge in [-0.05, 0) is 259 Å². The van der Waals surface area contributed by atoms with Gasteiger partial charge in [0.2, 0.25) is 0 Å². The van der Waals surface area contributed by atoms with E-state index >= 15 is 8.78 Å². The highest BCUT2D eigenvalue weighted by Gasteiger charge is 2.38. The van der Waals surface area contributed by atoms with Crippen LogP contribution in [0.15, 0.2) is 121 Å². The molecule has 0 unspecified atom stereocenters. The van der Waals surface area contributed by atoms with Gasteiger partial charge in [0, 0.05) is 38.2 Å². The molecular weight excluding hydrogens is 1330 g/mol. The van der Waals surface area contributed by atoms with Crippen LogP contribution in [-0.2, 0) is 38.9 Å². The van der Waals surface area contributed by atoms with Crippen LogP contribution in [0.4, 0.5) is 8.78 Å². The van der Waals surface area contributed by atoms with Gasteiger partial charge in [-0.25, -0.2) is 8.78 Å². The molecule has 10 rings (SSSR count). The number of aromatic nitrogens is 2. The number of ether oxygens (including phenoxy) is 1. The van der Waals surface area contributed by atoms with Gasteiger partial charge in [0.1, 0.15) is 28.9 Å². The Morgan fingerprint density at radius 3 is 0.870 bits per heavy atom. The molecule has 0 amide bonds. The largest absolute Gasteiger partial charge is 0.505 e. The third-order valence-electron chi connectivity index (χ3n) is 22.8. The van der Waals surface area contributed by atoms with E-state index in [1.165, 1.54) is 34.4 Å². The smallest absolute Gasteiger partial charge is 0.147 e. The van der Waals surface area contributed by atoms with Crippen molar-refractivity contribution in [3.63, 3.8) is 0 Å².